The zero-order valence-corrected chi connectivity index (χ0v) is 14.9. The van der Waals surface area contributed by atoms with Crippen LogP contribution >= 0.6 is 0 Å². The smallest absolute Gasteiger partial charge is 0.264 e. The summed E-state index contributed by atoms with van der Waals surface area (Å²) >= 11 is 0. The summed E-state index contributed by atoms with van der Waals surface area (Å²) in [7, 11) is -3.87. The lowest BCUT2D eigenvalue weighted by Gasteiger charge is -2.30. The van der Waals surface area contributed by atoms with Crippen molar-refractivity contribution in [1.29, 1.82) is 0 Å². The van der Waals surface area contributed by atoms with Crippen molar-refractivity contribution in [2.45, 2.75) is 18.2 Å². The van der Waals surface area contributed by atoms with E-state index in [0.717, 1.165) is 17.3 Å². The van der Waals surface area contributed by atoms with Crippen molar-refractivity contribution in [3.63, 3.8) is 0 Å². The number of fused-ring (bicyclic) bond motifs is 2. The van der Waals surface area contributed by atoms with E-state index in [1.807, 2.05) is 0 Å². The summed E-state index contributed by atoms with van der Waals surface area (Å²) in [5.74, 6) is -0.261. The third-order valence-corrected chi connectivity index (χ3v) is 6.47. The Balaban J connectivity index is 1.75. The van der Waals surface area contributed by atoms with Gasteiger partial charge in [0.05, 0.1) is 17.1 Å². The van der Waals surface area contributed by atoms with E-state index < -0.39 is 15.8 Å². The first-order chi connectivity index (χ1) is 12.4. The molecule has 0 saturated carbocycles. The van der Waals surface area contributed by atoms with Crippen molar-refractivity contribution in [3.8, 4) is 5.75 Å². The lowest BCUT2D eigenvalue weighted by molar-refractivity contribution is -0.116. The number of carbonyl (C=O) groups is 1. The van der Waals surface area contributed by atoms with Gasteiger partial charge < -0.3 is 9.64 Å². The minimum Gasteiger partial charge on any atom is -0.489 e. The van der Waals surface area contributed by atoms with E-state index >= 15 is 0 Å². The fourth-order valence-corrected chi connectivity index (χ4v) is 4.91. The number of amides is 1. The van der Waals surface area contributed by atoms with Crippen molar-refractivity contribution < 1.29 is 22.3 Å². The Labute approximate surface area is 150 Å². The Bertz CT molecular complexity index is 1010. The van der Waals surface area contributed by atoms with Crippen LogP contribution in [0.15, 0.2) is 41.3 Å². The summed E-state index contributed by atoms with van der Waals surface area (Å²) < 4.78 is 46.5. The topological polar surface area (TPSA) is 66.9 Å². The summed E-state index contributed by atoms with van der Waals surface area (Å²) in [5.41, 5.74) is 1.75. The SMILES string of the molecule is CC(=O)N1CCc2cc(S(=O)(=O)N3CCOc4ccc(F)cc43)ccc21. The summed E-state index contributed by atoms with van der Waals surface area (Å²) in [6.45, 7) is 2.33. The highest BCUT2D eigenvalue weighted by molar-refractivity contribution is 7.92. The van der Waals surface area contributed by atoms with Gasteiger partial charge in [-0.3, -0.25) is 9.10 Å². The minimum atomic E-state index is -3.87. The maximum absolute atomic E-state index is 13.6. The summed E-state index contributed by atoms with van der Waals surface area (Å²) in [5, 5.41) is 0. The van der Waals surface area contributed by atoms with Crippen molar-refractivity contribution in [2.24, 2.45) is 0 Å². The molecule has 0 aromatic heterocycles. The molecule has 0 fully saturated rings. The molecule has 2 heterocycles. The second-order valence-electron chi connectivity index (χ2n) is 6.25. The van der Waals surface area contributed by atoms with Gasteiger partial charge >= 0.3 is 0 Å². The molecule has 1 amide bonds. The van der Waals surface area contributed by atoms with E-state index in [1.54, 1.807) is 17.0 Å². The van der Waals surface area contributed by atoms with Gasteiger partial charge in [0.1, 0.15) is 18.2 Å². The van der Waals surface area contributed by atoms with E-state index in [9.17, 15) is 17.6 Å². The number of rotatable bonds is 2. The molecule has 136 valence electrons. The predicted molar refractivity (Wildman–Crippen MR) is 94.6 cm³/mol. The highest BCUT2D eigenvalue weighted by atomic mass is 32.2. The Hall–Kier alpha value is -2.61. The highest BCUT2D eigenvalue weighted by Crippen LogP contribution is 2.37. The zero-order valence-electron chi connectivity index (χ0n) is 14.1. The first-order valence-corrected chi connectivity index (χ1v) is 9.68. The maximum Gasteiger partial charge on any atom is 0.264 e. The van der Waals surface area contributed by atoms with Crippen molar-refractivity contribution >= 4 is 27.3 Å². The van der Waals surface area contributed by atoms with Gasteiger partial charge in [-0.1, -0.05) is 0 Å². The zero-order chi connectivity index (χ0) is 18.5. The quantitative estimate of drug-likeness (QED) is 0.807. The third-order valence-electron chi connectivity index (χ3n) is 4.66. The number of carbonyl (C=O) groups excluding carboxylic acids is 1. The normalized spacial score (nSPS) is 16.1. The molecule has 26 heavy (non-hydrogen) atoms. The maximum atomic E-state index is 13.6. The number of hydrogen-bond acceptors (Lipinski definition) is 4. The van der Waals surface area contributed by atoms with Crippen LogP contribution in [0.25, 0.3) is 0 Å². The van der Waals surface area contributed by atoms with Crippen LogP contribution in [-0.4, -0.2) is 34.0 Å². The number of halogens is 1. The molecule has 2 aliphatic rings. The van der Waals surface area contributed by atoms with Crippen LogP contribution in [0.1, 0.15) is 12.5 Å². The fourth-order valence-electron chi connectivity index (χ4n) is 3.41. The average molecular weight is 376 g/mol. The summed E-state index contributed by atoms with van der Waals surface area (Å²) in [4.78, 5) is 13.4. The molecule has 2 aromatic rings. The lowest BCUT2D eigenvalue weighted by atomic mass is 10.2. The van der Waals surface area contributed by atoms with Crippen LogP contribution in [0.2, 0.25) is 0 Å². The molecular weight excluding hydrogens is 359 g/mol. The molecule has 0 N–H and O–H groups in total. The van der Waals surface area contributed by atoms with Crippen LogP contribution in [0.3, 0.4) is 0 Å². The average Bonchev–Trinajstić information content (AvgIpc) is 3.04. The minimum absolute atomic E-state index is 0.0723. The first kappa shape index (κ1) is 16.8. The molecule has 0 spiro atoms. The van der Waals surface area contributed by atoms with Crippen LogP contribution in [0.5, 0.6) is 5.75 Å². The molecule has 8 heteroatoms. The first-order valence-electron chi connectivity index (χ1n) is 8.24. The van der Waals surface area contributed by atoms with E-state index in [0.29, 0.717) is 18.7 Å². The second kappa shape index (κ2) is 5.98. The van der Waals surface area contributed by atoms with Gasteiger partial charge in [0.25, 0.3) is 10.0 Å². The predicted octanol–water partition coefficient (Wildman–Crippen LogP) is 2.32. The van der Waals surface area contributed by atoms with Crippen LogP contribution < -0.4 is 13.9 Å². The van der Waals surface area contributed by atoms with Gasteiger partial charge in [-0.15, -0.1) is 0 Å². The van der Waals surface area contributed by atoms with Crippen LogP contribution in [0, 0.1) is 5.82 Å². The molecule has 0 radical (unpaired) electrons. The standard InChI is InChI=1S/C18H17FN2O4S/c1-12(22)20-7-6-13-10-15(3-4-16(13)20)26(23,24)21-8-9-25-18-5-2-14(19)11-17(18)21/h2-5,10-11H,6-9H2,1H3. The lowest BCUT2D eigenvalue weighted by Crippen LogP contribution is -2.38. The summed E-state index contributed by atoms with van der Waals surface area (Å²) in [6.07, 6.45) is 0.604. The van der Waals surface area contributed by atoms with Gasteiger partial charge in [-0.2, -0.15) is 0 Å². The molecule has 4 rings (SSSR count). The third kappa shape index (κ3) is 2.61. The highest BCUT2D eigenvalue weighted by Gasteiger charge is 2.32. The van der Waals surface area contributed by atoms with Gasteiger partial charge in [0.15, 0.2) is 0 Å². The van der Waals surface area contributed by atoms with E-state index in [2.05, 4.69) is 0 Å². The Morgan fingerprint density at radius 2 is 1.92 bits per heavy atom. The number of ether oxygens (including phenoxy) is 1. The van der Waals surface area contributed by atoms with E-state index in [-0.39, 0.29) is 29.6 Å². The molecule has 0 unspecified atom stereocenters. The monoisotopic (exact) mass is 376 g/mol. The van der Waals surface area contributed by atoms with E-state index in [4.69, 9.17) is 4.74 Å². The number of nitrogens with zero attached hydrogens (tertiary/aromatic N) is 2. The Morgan fingerprint density at radius 1 is 1.12 bits per heavy atom. The van der Waals surface area contributed by atoms with Crippen molar-refractivity contribution in [3.05, 3.63) is 47.8 Å². The Morgan fingerprint density at radius 3 is 2.69 bits per heavy atom. The Kier molecular flexibility index (Phi) is 3.87. The molecule has 0 aliphatic carbocycles. The molecule has 2 aromatic carbocycles. The number of hydrogen-bond donors (Lipinski definition) is 0. The molecule has 0 atom stereocenters. The van der Waals surface area contributed by atoms with Gasteiger partial charge in [-0.25, -0.2) is 12.8 Å². The van der Waals surface area contributed by atoms with Gasteiger partial charge in [0.2, 0.25) is 5.91 Å². The van der Waals surface area contributed by atoms with Crippen LogP contribution in [0.4, 0.5) is 15.8 Å². The molecule has 2 aliphatic heterocycles. The summed E-state index contributed by atoms with van der Waals surface area (Å²) in [6, 6.07) is 8.58. The molecular formula is C18H17FN2O4S. The molecule has 0 bridgehead atoms. The van der Waals surface area contributed by atoms with Crippen molar-refractivity contribution in [1.82, 2.24) is 0 Å². The van der Waals surface area contributed by atoms with Gasteiger partial charge in [-0.05, 0) is 42.3 Å². The van der Waals surface area contributed by atoms with Crippen LogP contribution in [-0.2, 0) is 21.2 Å². The molecule has 6 nitrogen and oxygen atoms in total. The number of anilines is 2. The second-order valence-corrected chi connectivity index (χ2v) is 8.11. The van der Waals surface area contributed by atoms with Crippen molar-refractivity contribution in [2.75, 3.05) is 28.9 Å². The largest absolute Gasteiger partial charge is 0.489 e. The van der Waals surface area contributed by atoms with E-state index in [1.165, 1.54) is 29.4 Å². The number of sulfonamides is 1. The fraction of sp³-hybridized carbons (Fsp3) is 0.278. The number of benzene rings is 2. The molecule has 0 saturated heterocycles. The van der Waals surface area contributed by atoms with Gasteiger partial charge in [0, 0.05) is 25.2 Å².